The zero-order valence-electron chi connectivity index (χ0n) is 10.4. The van der Waals surface area contributed by atoms with Gasteiger partial charge in [0.05, 0.1) is 0 Å². The van der Waals surface area contributed by atoms with E-state index < -0.39 is 0 Å². The van der Waals surface area contributed by atoms with Crippen molar-refractivity contribution in [3.8, 4) is 0 Å². The van der Waals surface area contributed by atoms with Gasteiger partial charge in [0.25, 0.3) is 0 Å². The van der Waals surface area contributed by atoms with Gasteiger partial charge in [0.15, 0.2) is 0 Å². The summed E-state index contributed by atoms with van der Waals surface area (Å²) in [6.07, 6.45) is 9.06. The van der Waals surface area contributed by atoms with E-state index in [1.165, 1.54) is 31.2 Å². The molecule has 0 amide bonds. The summed E-state index contributed by atoms with van der Waals surface area (Å²) in [7, 11) is 0. The molecule has 0 aromatic carbocycles. The van der Waals surface area contributed by atoms with Crippen LogP contribution in [0.25, 0.3) is 0 Å². The SMILES string of the molecule is CC1CCC(C)(NCc2ccncc2)CC1. The number of nitrogens with one attached hydrogen (secondary N) is 1. The Balaban J connectivity index is 1.85. The Kier molecular flexibility index (Phi) is 3.59. The first-order valence-corrected chi connectivity index (χ1v) is 6.32. The highest BCUT2D eigenvalue weighted by atomic mass is 15.0. The largest absolute Gasteiger partial charge is 0.307 e. The van der Waals surface area contributed by atoms with Crippen LogP contribution >= 0.6 is 0 Å². The lowest BCUT2D eigenvalue weighted by Crippen LogP contribution is -2.44. The van der Waals surface area contributed by atoms with E-state index in [9.17, 15) is 0 Å². The molecule has 1 aliphatic rings. The summed E-state index contributed by atoms with van der Waals surface area (Å²) >= 11 is 0. The van der Waals surface area contributed by atoms with Gasteiger partial charge in [-0.25, -0.2) is 0 Å². The van der Waals surface area contributed by atoms with Crippen molar-refractivity contribution in [1.29, 1.82) is 0 Å². The second kappa shape index (κ2) is 4.96. The number of pyridine rings is 1. The lowest BCUT2D eigenvalue weighted by atomic mass is 9.78. The molecule has 88 valence electrons. The molecular weight excluding hydrogens is 196 g/mol. The van der Waals surface area contributed by atoms with Crippen molar-refractivity contribution in [3.63, 3.8) is 0 Å². The summed E-state index contributed by atoms with van der Waals surface area (Å²) in [5.41, 5.74) is 1.67. The summed E-state index contributed by atoms with van der Waals surface area (Å²) in [6.45, 7) is 5.69. The topological polar surface area (TPSA) is 24.9 Å². The van der Waals surface area contributed by atoms with Crippen molar-refractivity contribution >= 4 is 0 Å². The van der Waals surface area contributed by atoms with Gasteiger partial charge in [0.2, 0.25) is 0 Å². The molecule has 1 aliphatic carbocycles. The van der Waals surface area contributed by atoms with Gasteiger partial charge >= 0.3 is 0 Å². The predicted molar refractivity (Wildman–Crippen MR) is 67.1 cm³/mol. The molecule has 1 N–H and O–H groups in total. The quantitative estimate of drug-likeness (QED) is 0.843. The van der Waals surface area contributed by atoms with Crippen LogP contribution in [0, 0.1) is 5.92 Å². The predicted octanol–water partition coefficient (Wildman–Crippen LogP) is 3.14. The molecule has 0 radical (unpaired) electrons. The molecule has 1 fully saturated rings. The second-order valence-electron chi connectivity index (χ2n) is 5.45. The van der Waals surface area contributed by atoms with Gasteiger partial charge in [0.1, 0.15) is 0 Å². The average molecular weight is 218 g/mol. The first-order chi connectivity index (χ1) is 7.68. The molecule has 0 aliphatic heterocycles. The van der Waals surface area contributed by atoms with Crippen molar-refractivity contribution in [3.05, 3.63) is 30.1 Å². The van der Waals surface area contributed by atoms with Crippen molar-refractivity contribution in [1.82, 2.24) is 10.3 Å². The van der Waals surface area contributed by atoms with Crippen LogP contribution in [-0.4, -0.2) is 10.5 Å². The highest BCUT2D eigenvalue weighted by molar-refractivity contribution is 5.09. The van der Waals surface area contributed by atoms with Crippen LogP contribution < -0.4 is 5.32 Å². The molecule has 0 unspecified atom stereocenters. The second-order valence-corrected chi connectivity index (χ2v) is 5.45. The zero-order valence-corrected chi connectivity index (χ0v) is 10.4. The molecule has 1 aromatic heterocycles. The normalized spacial score (nSPS) is 30.2. The molecular formula is C14H22N2. The fraction of sp³-hybridized carbons (Fsp3) is 0.643. The average Bonchev–Trinajstić information content (AvgIpc) is 2.33. The Morgan fingerprint density at radius 1 is 1.31 bits per heavy atom. The maximum atomic E-state index is 4.04. The van der Waals surface area contributed by atoms with E-state index in [-0.39, 0.29) is 0 Å². The Bertz CT molecular complexity index is 313. The van der Waals surface area contributed by atoms with Gasteiger partial charge < -0.3 is 5.32 Å². The summed E-state index contributed by atoms with van der Waals surface area (Å²) in [4.78, 5) is 4.04. The number of nitrogens with zero attached hydrogens (tertiary/aromatic N) is 1. The van der Waals surface area contributed by atoms with E-state index in [1.807, 2.05) is 12.4 Å². The fourth-order valence-corrected chi connectivity index (χ4v) is 2.39. The van der Waals surface area contributed by atoms with Gasteiger partial charge in [-0.1, -0.05) is 6.92 Å². The third kappa shape index (κ3) is 3.05. The van der Waals surface area contributed by atoms with Gasteiger partial charge in [-0.2, -0.15) is 0 Å². The highest BCUT2D eigenvalue weighted by Gasteiger charge is 2.28. The van der Waals surface area contributed by atoms with Crippen LogP contribution in [0.3, 0.4) is 0 Å². The third-order valence-electron chi connectivity index (χ3n) is 3.85. The van der Waals surface area contributed by atoms with Crippen LogP contribution in [0.15, 0.2) is 24.5 Å². The Morgan fingerprint density at radius 3 is 2.56 bits per heavy atom. The van der Waals surface area contributed by atoms with E-state index >= 15 is 0 Å². The van der Waals surface area contributed by atoms with Crippen molar-refractivity contribution < 1.29 is 0 Å². The maximum absolute atomic E-state index is 4.04. The van der Waals surface area contributed by atoms with E-state index in [0.717, 1.165) is 12.5 Å². The molecule has 2 rings (SSSR count). The minimum atomic E-state index is 0.343. The summed E-state index contributed by atoms with van der Waals surface area (Å²) < 4.78 is 0. The van der Waals surface area contributed by atoms with Crippen LogP contribution in [0.4, 0.5) is 0 Å². The smallest absolute Gasteiger partial charge is 0.0271 e. The summed E-state index contributed by atoms with van der Waals surface area (Å²) in [6, 6.07) is 4.17. The highest BCUT2D eigenvalue weighted by Crippen LogP contribution is 2.31. The van der Waals surface area contributed by atoms with Crippen LogP contribution in [0.5, 0.6) is 0 Å². The molecule has 2 heteroatoms. The zero-order chi connectivity index (χ0) is 11.4. The molecule has 0 atom stereocenters. The molecule has 1 saturated carbocycles. The molecule has 16 heavy (non-hydrogen) atoms. The van der Waals surface area contributed by atoms with Gasteiger partial charge in [-0.3, -0.25) is 4.98 Å². The summed E-state index contributed by atoms with van der Waals surface area (Å²) in [5.74, 6) is 0.913. The van der Waals surface area contributed by atoms with Crippen molar-refractivity contribution in [2.45, 2.75) is 51.6 Å². The minimum absolute atomic E-state index is 0.343. The van der Waals surface area contributed by atoms with E-state index in [4.69, 9.17) is 0 Å². The Morgan fingerprint density at radius 2 is 1.94 bits per heavy atom. The Hall–Kier alpha value is -0.890. The number of rotatable bonds is 3. The van der Waals surface area contributed by atoms with Crippen molar-refractivity contribution in [2.75, 3.05) is 0 Å². The molecule has 2 nitrogen and oxygen atoms in total. The third-order valence-corrected chi connectivity index (χ3v) is 3.85. The standard InChI is InChI=1S/C14H22N2/c1-12-3-7-14(2,8-4-12)16-11-13-5-9-15-10-6-13/h5-6,9-10,12,16H,3-4,7-8,11H2,1-2H3. The van der Waals surface area contributed by atoms with E-state index in [2.05, 4.69) is 36.3 Å². The molecule has 1 heterocycles. The number of aromatic nitrogens is 1. The molecule has 0 bridgehead atoms. The molecule has 0 spiro atoms. The van der Waals surface area contributed by atoms with Crippen LogP contribution in [-0.2, 0) is 6.54 Å². The summed E-state index contributed by atoms with van der Waals surface area (Å²) in [5, 5.41) is 3.71. The molecule has 1 aromatic rings. The minimum Gasteiger partial charge on any atom is -0.307 e. The molecule has 0 saturated heterocycles. The van der Waals surface area contributed by atoms with Gasteiger partial charge in [-0.05, 0) is 56.2 Å². The first-order valence-electron chi connectivity index (χ1n) is 6.32. The Labute approximate surface area is 98.5 Å². The monoisotopic (exact) mass is 218 g/mol. The van der Waals surface area contributed by atoms with E-state index in [0.29, 0.717) is 5.54 Å². The van der Waals surface area contributed by atoms with Crippen LogP contribution in [0.1, 0.15) is 45.1 Å². The first kappa shape index (κ1) is 11.6. The number of hydrogen-bond acceptors (Lipinski definition) is 2. The van der Waals surface area contributed by atoms with Crippen molar-refractivity contribution in [2.24, 2.45) is 5.92 Å². The lowest BCUT2D eigenvalue weighted by molar-refractivity contribution is 0.212. The van der Waals surface area contributed by atoms with Crippen LogP contribution in [0.2, 0.25) is 0 Å². The van der Waals surface area contributed by atoms with E-state index in [1.54, 1.807) is 0 Å². The number of hydrogen-bond donors (Lipinski definition) is 1. The fourth-order valence-electron chi connectivity index (χ4n) is 2.39. The van der Waals surface area contributed by atoms with Gasteiger partial charge in [-0.15, -0.1) is 0 Å². The lowest BCUT2D eigenvalue weighted by Gasteiger charge is -2.37. The maximum Gasteiger partial charge on any atom is 0.0271 e. The van der Waals surface area contributed by atoms with Gasteiger partial charge in [0, 0.05) is 24.5 Å².